The Balaban J connectivity index is 2.34. The van der Waals surface area contributed by atoms with E-state index in [0.717, 1.165) is 21.8 Å². The molecule has 0 saturated heterocycles. The molecular formula is C12H9F2IN2. The van der Waals surface area contributed by atoms with Gasteiger partial charge < -0.3 is 11.1 Å². The first-order valence-corrected chi connectivity index (χ1v) is 5.91. The lowest BCUT2D eigenvalue weighted by Gasteiger charge is -2.10. The van der Waals surface area contributed by atoms with E-state index in [9.17, 15) is 8.78 Å². The summed E-state index contributed by atoms with van der Waals surface area (Å²) >= 11 is 2.07. The zero-order chi connectivity index (χ0) is 12.4. The number of nitrogen functional groups attached to an aromatic ring is 1. The van der Waals surface area contributed by atoms with Crippen LogP contribution in [0, 0.1) is 15.2 Å². The number of anilines is 3. The zero-order valence-corrected chi connectivity index (χ0v) is 10.8. The van der Waals surface area contributed by atoms with Gasteiger partial charge in [0.15, 0.2) is 0 Å². The standard InChI is InChI=1S/C12H9F2IN2/c13-7-1-3-9(14)12(5-7)17-11-4-2-8(16)6-10(11)15/h1-6,17H,16H2. The summed E-state index contributed by atoms with van der Waals surface area (Å²) in [7, 11) is 0. The molecule has 0 aromatic heterocycles. The van der Waals surface area contributed by atoms with Crippen molar-refractivity contribution in [1.29, 1.82) is 0 Å². The van der Waals surface area contributed by atoms with Crippen molar-refractivity contribution in [3.8, 4) is 0 Å². The van der Waals surface area contributed by atoms with E-state index in [-0.39, 0.29) is 5.69 Å². The van der Waals surface area contributed by atoms with Crippen LogP contribution in [-0.4, -0.2) is 0 Å². The average molecular weight is 346 g/mol. The lowest BCUT2D eigenvalue weighted by atomic mass is 10.2. The SMILES string of the molecule is Nc1ccc(Nc2cc(F)ccc2F)c(I)c1. The van der Waals surface area contributed by atoms with Gasteiger partial charge in [0.05, 0.1) is 11.4 Å². The van der Waals surface area contributed by atoms with Gasteiger partial charge in [0.2, 0.25) is 0 Å². The van der Waals surface area contributed by atoms with E-state index in [1.54, 1.807) is 18.2 Å². The Hall–Kier alpha value is -1.37. The van der Waals surface area contributed by atoms with Gasteiger partial charge in [0, 0.05) is 15.3 Å². The Morgan fingerprint density at radius 3 is 2.47 bits per heavy atom. The molecule has 2 aromatic rings. The fraction of sp³-hybridized carbons (Fsp3) is 0. The molecule has 0 aliphatic rings. The molecule has 0 atom stereocenters. The normalized spacial score (nSPS) is 10.3. The zero-order valence-electron chi connectivity index (χ0n) is 8.68. The van der Waals surface area contributed by atoms with Gasteiger partial charge in [0.1, 0.15) is 11.6 Å². The smallest absolute Gasteiger partial charge is 0.146 e. The fourth-order valence-corrected chi connectivity index (χ4v) is 2.05. The Bertz CT molecular complexity index is 558. The number of nitrogens with two attached hydrogens (primary N) is 1. The van der Waals surface area contributed by atoms with Crippen LogP contribution < -0.4 is 11.1 Å². The van der Waals surface area contributed by atoms with Crippen LogP contribution in [0.5, 0.6) is 0 Å². The van der Waals surface area contributed by atoms with E-state index in [2.05, 4.69) is 27.9 Å². The number of hydrogen-bond donors (Lipinski definition) is 2. The van der Waals surface area contributed by atoms with Crippen molar-refractivity contribution in [2.24, 2.45) is 0 Å². The molecule has 0 bridgehead atoms. The first kappa shape index (κ1) is 12.1. The van der Waals surface area contributed by atoms with Crippen LogP contribution in [0.4, 0.5) is 25.8 Å². The predicted molar refractivity (Wildman–Crippen MR) is 73.2 cm³/mol. The summed E-state index contributed by atoms with van der Waals surface area (Å²) in [6.45, 7) is 0. The van der Waals surface area contributed by atoms with Gasteiger partial charge in [-0.3, -0.25) is 0 Å². The third kappa shape index (κ3) is 2.85. The van der Waals surface area contributed by atoms with Gasteiger partial charge in [0.25, 0.3) is 0 Å². The molecule has 0 heterocycles. The lowest BCUT2D eigenvalue weighted by molar-refractivity contribution is 0.603. The van der Waals surface area contributed by atoms with E-state index in [1.165, 1.54) is 0 Å². The van der Waals surface area contributed by atoms with E-state index < -0.39 is 11.6 Å². The number of hydrogen-bond acceptors (Lipinski definition) is 2. The van der Waals surface area contributed by atoms with Crippen LogP contribution in [-0.2, 0) is 0 Å². The summed E-state index contributed by atoms with van der Waals surface area (Å²) in [6, 6.07) is 8.45. The average Bonchev–Trinajstić information content (AvgIpc) is 2.27. The molecule has 5 heteroatoms. The monoisotopic (exact) mass is 346 g/mol. The van der Waals surface area contributed by atoms with Crippen molar-refractivity contribution >= 4 is 39.7 Å². The molecular weight excluding hydrogens is 337 g/mol. The highest BCUT2D eigenvalue weighted by Gasteiger charge is 2.06. The largest absolute Gasteiger partial charge is 0.399 e. The fourth-order valence-electron chi connectivity index (χ4n) is 1.37. The molecule has 17 heavy (non-hydrogen) atoms. The first-order chi connectivity index (χ1) is 8.06. The minimum absolute atomic E-state index is 0.104. The maximum absolute atomic E-state index is 13.4. The van der Waals surface area contributed by atoms with Gasteiger partial charge in [-0.15, -0.1) is 0 Å². The molecule has 2 aromatic carbocycles. The molecule has 0 radical (unpaired) electrons. The summed E-state index contributed by atoms with van der Waals surface area (Å²) in [5, 5.41) is 2.83. The Morgan fingerprint density at radius 1 is 1.00 bits per heavy atom. The quantitative estimate of drug-likeness (QED) is 0.640. The summed E-state index contributed by atoms with van der Waals surface area (Å²) in [6.07, 6.45) is 0. The predicted octanol–water partition coefficient (Wildman–Crippen LogP) is 3.90. The van der Waals surface area contributed by atoms with Gasteiger partial charge in [-0.1, -0.05) is 0 Å². The molecule has 0 fully saturated rings. The van der Waals surface area contributed by atoms with Crippen molar-refractivity contribution in [3.63, 3.8) is 0 Å². The second-order valence-corrected chi connectivity index (χ2v) is 4.65. The molecule has 2 rings (SSSR count). The van der Waals surface area contributed by atoms with Crippen LogP contribution in [0.1, 0.15) is 0 Å². The topological polar surface area (TPSA) is 38.0 Å². The van der Waals surface area contributed by atoms with Gasteiger partial charge in [-0.2, -0.15) is 0 Å². The third-order valence-corrected chi connectivity index (χ3v) is 3.08. The molecule has 88 valence electrons. The first-order valence-electron chi connectivity index (χ1n) is 4.83. The van der Waals surface area contributed by atoms with Crippen molar-refractivity contribution in [2.75, 3.05) is 11.1 Å². The highest BCUT2D eigenvalue weighted by Crippen LogP contribution is 2.26. The van der Waals surface area contributed by atoms with Crippen molar-refractivity contribution in [2.45, 2.75) is 0 Å². The van der Waals surface area contributed by atoms with Gasteiger partial charge in [-0.05, 0) is 52.9 Å². The van der Waals surface area contributed by atoms with E-state index in [1.807, 2.05) is 0 Å². The van der Waals surface area contributed by atoms with Gasteiger partial charge in [-0.25, -0.2) is 8.78 Å². The molecule has 2 nitrogen and oxygen atoms in total. The number of rotatable bonds is 2. The van der Waals surface area contributed by atoms with E-state index in [4.69, 9.17) is 5.73 Å². The number of halogens is 3. The van der Waals surface area contributed by atoms with Crippen LogP contribution in [0.2, 0.25) is 0 Å². The lowest BCUT2D eigenvalue weighted by Crippen LogP contribution is -1.97. The summed E-state index contributed by atoms with van der Waals surface area (Å²) in [4.78, 5) is 0. The van der Waals surface area contributed by atoms with Crippen molar-refractivity contribution in [1.82, 2.24) is 0 Å². The minimum Gasteiger partial charge on any atom is -0.399 e. The third-order valence-electron chi connectivity index (χ3n) is 2.19. The maximum Gasteiger partial charge on any atom is 0.146 e. The molecule has 3 N–H and O–H groups in total. The second-order valence-electron chi connectivity index (χ2n) is 3.49. The molecule has 0 saturated carbocycles. The molecule has 0 aliphatic carbocycles. The minimum atomic E-state index is -0.501. The van der Waals surface area contributed by atoms with E-state index >= 15 is 0 Å². The molecule has 0 aliphatic heterocycles. The Morgan fingerprint density at radius 2 is 1.76 bits per heavy atom. The van der Waals surface area contributed by atoms with Crippen molar-refractivity contribution < 1.29 is 8.78 Å². The van der Waals surface area contributed by atoms with Crippen molar-refractivity contribution in [3.05, 3.63) is 51.6 Å². The van der Waals surface area contributed by atoms with Crippen LogP contribution in [0.25, 0.3) is 0 Å². The summed E-state index contributed by atoms with van der Waals surface area (Å²) in [5.74, 6) is -0.988. The number of benzene rings is 2. The highest BCUT2D eigenvalue weighted by molar-refractivity contribution is 14.1. The second kappa shape index (κ2) is 4.87. The molecule has 0 amide bonds. The van der Waals surface area contributed by atoms with Gasteiger partial charge >= 0.3 is 0 Å². The molecule has 0 spiro atoms. The maximum atomic E-state index is 13.4. The van der Waals surface area contributed by atoms with Crippen LogP contribution in [0.3, 0.4) is 0 Å². The Kier molecular flexibility index (Phi) is 3.46. The highest BCUT2D eigenvalue weighted by atomic mass is 127. The van der Waals surface area contributed by atoms with E-state index in [0.29, 0.717) is 11.4 Å². The summed E-state index contributed by atoms with van der Waals surface area (Å²) < 4.78 is 27.2. The summed E-state index contributed by atoms with van der Waals surface area (Å²) in [5.41, 5.74) is 7.02. The van der Waals surface area contributed by atoms with Crippen LogP contribution in [0.15, 0.2) is 36.4 Å². The van der Waals surface area contributed by atoms with Crippen LogP contribution >= 0.6 is 22.6 Å². The number of nitrogens with one attached hydrogen (secondary N) is 1. The Labute approximate surface area is 111 Å². The molecule has 0 unspecified atom stereocenters.